The summed E-state index contributed by atoms with van der Waals surface area (Å²) in [6.45, 7) is 7.45. The molecule has 1 atom stereocenters. The Bertz CT molecular complexity index is 772. The van der Waals surface area contributed by atoms with Crippen LogP contribution in [0.5, 0.6) is 0 Å². The lowest BCUT2D eigenvalue weighted by Crippen LogP contribution is -2.28. The van der Waals surface area contributed by atoms with E-state index in [1.54, 1.807) is 11.1 Å². The van der Waals surface area contributed by atoms with Crippen molar-refractivity contribution in [3.63, 3.8) is 0 Å². The highest BCUT2D eigenvalue weighted by Crippen LogP contribution is 2.40. The highest BCUT2D eigenvalue weighted by molar-refractivity contribution is 9.10. The average Bonchev–Trinajstić information content (AvgIpc) is 3.15. The van der Waals surface area contributed by atoms with Crippen molar-refractivity contribution < 1.29 is 0 Å². The van der Waals surface area contributed by atoms with Gasteiger partial charge in [0.1, 0.15) is 0 Å². The Kier molecular flexibility index (Phi) is 5.53. The van der Waals surface area contributed by atoms with Crippen molar-refractivity contribution in [2.24, 2.45) is 0 Å². The van der Waals surface area contributed by atoms with Crippen molar-refractivity contribution in [3.8, 4) is 0 Å². The van der Waals surface area contributed by atoms with Crippen LogP contribution in [0.25, 0.3) is 6.08 Å². The van der Waals surface area contributed by atoms with Crippen LogP contribution in [0.1, 0.15) is 22.3 Å². The van der Waals surface area contributed by atoms with Gasteiger partial charge in [-0.25, -0.2) is 0 Å². The lowest BCUT2D eigenvalue weighted by molar-refractivity contribution is 0.861. The van der Waals surface area contributed by atoms with Gasteiger partial charge in [0.15, 0.2) is 0 Å². The Morgan fingerprint density at radius 3 is 2.17 bits per heavy atom. The van der Waals surface area contributed by atoms with E-state index in [-0.39, 0.29) is 0 Å². The molecule has 0 saturated carbocycles. The molecule has 0 bridgehead atoms. The summed E-state index contributed by atoms with van der Waals surface area (Å²) in [6.07, 6.45) is 8.04. The third-order valence-electron chi connectivity index (χ3n) is 5.13. The molecule has 0 aromatic heterocycles. The molecule has 2 aliphatic carbocycles. The summed E-state index contributed by atoms with van der Waals surface area (Å²) in [4.78, 5) is 0. The Morgan fingerprint density at radius 2 is 1.54 bits per heavy atom. The van der Waals surface area contributed by atoms with Gasteiger partial charge in [0, 0.05) is 17.0 Å². The molecule has 0 aliphatic heterocycles. The summed E-state index contributed by atoms with van der Waals surface area (Å²) >= 11 is 7.16. The molecule has 0 radical (unpaired) electrons. The van der Waals surface area contributed by atoms with E-state index in [4.69, 9.17) is 0 Å². The van der Waals surface area contributed by atoms with Crippen molar-refractivity contribution >= 4 is 46.0 Å². The van der Waals surface area contributed by atoms with Crippen LogP contribution in [0.4, 0.5) is 0 Å². The van der Waals surface area contributed by atoms with Crippen molar-refractivity contribution in [2.75, 3.05) is 0 Å². The standard InChI is InChI=1S/C12H17BrSi.C9H7Br/c1-14(2,3)10-7-9-5-4-6-12(13)11(9)8-10;10-9-6-2-4-7-3-1-5-8(7)9/h4-6,10H,7-8H2,1-3H3;1-4,6H,5H2. The van der Waals surface area contributed by atoms with Gasteiger partial charge in [0.25, 0.3) is 0 Å². The molecule has 0 fully saturated rings. The molecule has 0 saturated heterocycles. The topological polar surface area (TPSA) is 0 Å². The van der Waals surface area contributed by atoms with Gasteiger partial charge in [-0.3, -0.25) is 0 Å². The van der Waals surface area contributed by atoms with E-state index < -0.39 is 8.07 Å². The number of hydrogen-bond acceptors (Lipinski definition) is 0. The largest absolute Gasteiger partial charge is 0.0795 e. The van der Waals surface area contributed by atoms with E-state index in [2.05, 4.69) is 100 Å². The Labute approximate surface area is 163 Å². The molecule has 2 aromatic rings. The van der Waals surface area contributed by atoms with Gasteiger partial charge in [-0.15, -0.1) is 0 Å². The molecule has 4 rings (SSSR count). The normalized spacial score (nSPS) is 18.0. The number of allylic oxidation sites excluding steroid dienone is 1. The molecular weight excluding hydrogens is 440 g/mol. The lowest BCUT2D eigenvalue weighted by atomic mass is 10.1. The zero-order chi connectivity index (χ0) is 17.3. The number of rotatable bonds is 1. The van der Waals surface area contributed by atoms with Gasteiger partial charge in [0.05, 0.1) is 0 Å². The smallest absolute Gasteiger partial charge is 0.0480 e. The minimum atomic E-state index is -0.966. The van der Waals surface area contributed by atoms with E-state index in [0.717, 1.165) is 12.0 Å². The van der Waals surface area contributed by atoms with Crippen LogP contribution >= 0.6 is 31.9 Å². The van der Waals surface area contributed by atoms with Crippen molar-refractivity contribution in [2.45, 2.75) is 44.4 Å². The second-order valence-corrected chi connectivity index (χ2v) is 15.0. The molecule has 2 aliphatic rings. The van der Waals surface area contributed by atoms with Crippen LogP contribution in [0.15, 0.2) is 51.4 Å². The first kappa shape index (κ1) is 18.2. The molecule has 0 spiro atoms. The molecule has 2 aromatic carbocycles. The average molecular weight is 464 g/mol. The van der Waals surface area contributed by atoms with Gasteiger partial charge in [-0.05, 0) is 59.2 Å². The van der Waals surface area contributed by atoms with Gasteiger partial charge >= 0.3 is 0 Å². The number of hydrogen-bond donors (Lipinski definition) is 0. The predicted molar refractivity (Wildman–Crippen MR) is 116 cm³/mol. The summed E-state index contributed by atoms with van der Waals surface area (Å²) < 4.78 is 2.55. The summed E-state index contributed by atoms with van der Waals surface area (Å²) in [7, 11) is -0.966. The Morgan fingerprint density at radius 1 is 0.875 bits per heavy atom. The van der Waals surface area contributed by atoms with E-state index in [9.17, 15) is 0 Å². The molecule has 0 nitrogen and oxygen atoms in total. The van der Waals surface area contributed by atoms with Crippen LogP contribution in [0.2, 0.25) is 25.2 Å². The van der Waals surface area contributed by atoms with Gasteiger partial charge in [0.2, 0.25) is 0 Å². The predicted octanol–water partition coefficient (Wildman–Crippen LogP) is 7.27. The van der Waals surface area contributed by atoms with Crippen molar-refractivity contribution in [1.29, 1.82) is 0 Å². The summed E-state index contributed by atoms with van der Waals surface area (Å²) in [5, 5.41) is 0. The molecule has 24 heavy (non-hydrogen) atoms. The van der Waals surface area contributed by atoms with E-state index in [1.807, 2.05) is 0 Å². The first-order chi connectivity index (χ1) is 11.4. The fraction of sp³-hybridized carbons (Fsp3) is 0.333. The Balaban J connectivity index is 0.000000149. The first-order valence-corrected chi connectivity index (χ1v) is 13.7. The molecule has 1 unspecified atom stereocenters. The lowest BCUT2D eigenvalue weighted by Gasteiger charge is -2.24. The van der Waals surface area contributed by atoms with E-state index in [1.165, 1.54) is 32.9 Å². The summed E-state index contributed by atoms with van der Waals surface area (Å²) in [5.74, 6) is 0. The summed E-state index contributed by atoms with van der Waals surface area (Å²) in [6, 6.07) is 12.9. The zero-order valence-electron chi connectivity index (χ0n) is 14.6. The highest BCUT2D eigenvalue weighted by Gasteiger charge is 2.32. The quantitative estimate of drug-likeness (QED) is 0.390. The number of benzene rings is 2. The van der Waals surface area contributed by atoms with E-state index in [0.29, 0.717) is 0 Å². The molecular formula is C21H24Br2Si. The molecule has 126 valence electrons. The third-order valence-corrected chi connectivity index (χ3v) is 9.48. The molecule has 0 amide bonds. The highest BCUT2D eigenvalue weighted by atomic mass is 79.9. The van der Waals surface area contributed by atoms with Crippen LogP contribution < -0.4 is 0 Å². The second kappa shape index (κ2) is 7.31. The minimum Gasteiger partial charge on any atom is -0.0795 e. The summed E-state index contributed by atoms with van der Waals surface area (Å²) in [5.41, 5.74) is 6.86. The molecule has 0 heterocycles. The number of fused-ring (bicyclic) bond motifs is 2. The van der Waals surface area contributed by atoms with Crippen LogP contribution in [0.3, 0.4) is 0 Å². The van der Waals surface area contributed by atoms with Crippen molar-refractivity contribution in [1.82, 2.24) is 0 Å². The minimum absolute atomic E-state index is 0.941. The monoisotopic (exact) mass is 462 g/mol. The zero-order valence-corrected chi connectivity index (χ0v) is 18.7. The van der Waals surface area contributed by atoms with Gasteiger partial charge in [-0.2, -0.15) is 0 Å². The fourth-order valence-electron chi connectivity index (χ4n) is 3.47. The first-order valence-electron chi connectivity index (χ1n) is 8.56. The van der Waals surface area contributed by atoms with Gasteiger partial charge in [-0.1, -0.05) is 87.9 Å². The second-order valence-electron chi connectivity index (χ2n) is 7.76. The maximum Gasteiger partial charge on any atom is 0.0480 e. The van der Waals surface area contributed by atoms with Gasteiger partial charge < -0.3 is 0 Å². The van der Waals surface area contributed by atoms with Crippen LogP contribution in [0, 0.1) is 0 Å². The number of halogens is 2. The van der Waals surface area contributed by atoms with Crippen LogP contribution in [-0.4, -0.2) is 8.07 Å². The fourth-order valence-corrected chi connectivity index (χ4v) is 6.23. The van der Waals surface area contributed by atoms with E-state index >= 15 is 0 Å². The molecule has 3 heteroatoms. The van der Waals surface area contributed by atoms with Crippen molar-refractivity contribution in [3.05, 3.63) is 73.7 Å². The SMILES string of the molecule is Brc1cccc2c1CC=C2.C[Si](C)(C)C1Cc2cccc(Br)c2C1. The van der Waals surface area contributed by atoms with Crippen LogP contribution in [-0.2, 0) is 19.3 Å². The Hall–Kier alpha value is -0.643. The maximum absolute atomic E-state index is 3.66. The molecule has 0 N–H and O–H groups in total. The third kappa shape index (κ3) is 3.95. The maximum atomic E-state index is 3.66.